The molecule has 0 N–H and O–H groups in total. The SMILES string of the molecule is O=[N+]([O-])c1cc2c(cc1N1CCCC1)CN=C2. The fourth-order valence-corrected chi connectivity index (χ4v) is 2.49. The second-order valence-corrected chi connectivity index (χ2v) is 4.46. The van der Waals surface area contributed by atoms with Gasteiger partial charge in [0.15, 0.2) is 0 Å². The lowest BCUT2D eigenvalue weighted by Crippen LogP contribution is -2.19. The molecule has 1 aromatic rings. The molecule has 0 amide bonds. The molecular formula is C12H13N3O2. The van der Waals surface area contributed by atoms with Crippen LogP contribution in [0.2, 0.25) is 0 Å². The Morgan fingerprint density at radius 1 is 1.29 bits per heavy atom. The average Bonchev–Trinajstić information content (AvgIpc) is 2.98. The van der Waals surface area contributed by atoms with Gasteiger partial charge in [-0.2, -0.15) is 0 Å². The number of rotatable bonds is 2. The Morgan fingerprint density at radius 3 is 2.76 bits per heavy atom. The van der Waals surface area contributed by atoms with E-state index in [1.807, 2.05) is 6.07 Å². The number of aliphatic imine (C=N–C) groups is 1. The van der Waals surface area contributed by atoms with Gasteiger partial charge < -0.3 is 4.90 Å². The molecule has 0 aromatic heterocycles. The summed E-state index contributed by atoms with van der Waals surface area (Å²) in [5.41, 5.74) is 2.95. The number of nitrogens with zero attached hydrogens (tertiary/aromatic N) is 3. The van der Waals surface area contributed by atoms with Crippen LogP contribution in [-0.2, 0) is 6.54 Å². The molecule has 5 heteroatoms. The molecule has 5 nitrogen and oxygen atoms in total. The number of anilines is 1. The maximum absolute atomic E-state index is 11.1. The molecule has 2 aliphatic heterocycles. The van der Waals surface area contributed by atoms with Crippen molar-refractivity contribution in [2.24, 2.45) is 4.99 Å². The van der Waals surface area contributed by atoms with Gasteiger partial charge >= 0.3 is 0 Å². The van der Waals surface area contributed by atoms with Crippen LogP contribution >= 0.6 is 0 Å². The maximum atomic E-state index is 11.1. The Hall–Kier alpha value is -1.91. The van der Waals surface area contributed by atoms with Crippen molar-refractivity contribution >= 4 is 17.6 Å². The molecule has 17 heavy (non-hydrogen) atoms. The molecule has 0 bridgehead atoms. The molecule has 0 radical (unpaired) electrons. The van der Waals surface area contributed by atoms with Crippen molar-refractivity contribution in [1.29, 1.82) is 0 Å². The van der Waals surface area contributed by atoms with E-state index in [1.54, 1.807) is 12.3 Å². The smallest absolute Gasteiger partial charge is 0.293 e. The lowest BCUT2D eigenvalue weighted by Gasteiger charge is -2.18. The van der Waals surface area contributed by atoms with Crippen LogP contribution in [0.5, 0.6) is 0 Å². The molecular weight excluding hydrogens is 218 g/mol. The normalized spacial score (nSPS) is 17.5. The van der Waals surface area contributed by atoms with Gasteiger partial charge in [-0.1, -0.05) is 0 Å². The summed E-state index contributed by atoms with van der Waals surface area (Å²) in [7, 11) is 0. The van der Waals surface area contributed by atoms with Gasteiger partial charge in [-0.15, -0.1) is 0 Å². The quantitative estimate of drug-likeness (QED) is 0.578. The van der Waals surface area contributed by atoms with Crippen molar-refractivity contribution in [1.82, 2.24) is 0 Å². The van der Waals surface area contributed by atoms with Gasteiger partial charge in [-0.25, -0.2) is 0 Å². The van der Waals surface area contributed by atoms with E-state index >= 15 is 0 Å². The van der Waals surface area contributed by atoms with E-state index in [9.17, 15) is 10.1 Å². The summed E-state index contributed by atoms with van der Waals surface area (Å²) in [6.07, 6.45) is 3.95. The van der Waals surface area contributed by atoms with Gasteiger partial charge in [0.1, 0.15) is 5.69 Å². The van der Waals surface area contributed by atoms with Gasteiger partial charge in [0, 0.05) is 30.9 Å². The van der Waals surface area contributed by atoms with E-state index in [-0.39, 0.29) is 10.6 Å². The van der Waals surface area contributed by atoms with Gasteiger partial charge in [0.2, 0.25) is 0 Å². The standard InChI is InChI=1S/C12H13N3O2/c16-15(17)12-6-10-8-13-7-9(10)5-11(12)14-3-1-2-4-14/h5-6,8H,1-4,7H2. The summed E-state index contributed by atoms with van der Waals surface area (Å²) in [6.45, 7) is 2.48. The second kappa shape index (κ2) is 3.84. The second-order valence-electron chi connectivity index (χ2n) is 4.46. The van der Waals surface area contributed by atoms with Crippen LogP contribution in [0.1, 0.15) is 24.0 Å². The molecule has 0 aliphatic carbocycles. The molecule has 1 fully saturated rings. The Bertz CT molecular complexity index is 505. The Morgan fingerprint density at radius 2 is 2.06 bits per heavy atom. The zero-order chi connectivity index (χ0) is 11.8. The van der Waals surface area contributed by atoms with Gasteiger partial charge in [0.05, 0.1) is 11.5 Å². The van der Waals surface area contributed by atoms with E-state index in [0.717, 1.165) is 42.7 Å². The number of fused-ring (bicyclic) bond motifs is 1. The fraction of sp³-hybridized carbons (Fsp3) is 0.417. The largest absolute Gasteiger partial charge is 0.366 e. The van der Waals surface area contributed by atoms with E-state index in [2.05, 4.69) is 9.89 Å². The third-order valence-electron chi connectivity index (χ3n) is 3.37. The van der Waals surface area contributed by atoms with Gasteiger partial charge in [0.25, 0.3) is 5.69 Å². The van der Waals surface area contributed by atoms with Crippen LogP contribution < -0.4 is 4.90 Å². The average molecular weight is 231 g/mol. The highest BCUT2D eigenvalue weighted by Crippen LogP contribution is 2.34. The molecule has 0 spiro atoms. The van der Waals surface area contributed by atoms with Crippen LogP contribution in [0.4, 0.5) is 11.4 Å². The first-order chi connectivity index (χ1) is 8.25. The van der Waals surface area contributed by atoms with E-state index in [4.69, 9.17) is 0 Å². The Labute approximate surface area is 98.9 Å². The maximum Gasteiger partial charge on any atom is 0.293 e. The summed E-state index contributed by atoms with van der Waals surface area (Å²) >= 11 is 0. The molecule has 0 atom stereocenters. The molecule has 1 saturated heterocycles. The number of nitro groups is 1. The van der Waals surface area contributed by atoms with Crippen molar-refractivity contribution < 1.29 is 4.92 Å². The molecule has 88 valence electrons. The first kappa shape index (κ1) is 10.3. The van der Waals surface area contributed by atoms with Gasteiger partial charge in [-0.3, -0.25) is 15.1 Å². The van der Waals surface area contributed by atoms with E-state index < -0.39 is 0 Å². The third kappa shape index (κ3) is 1.67. The highest BCUT2D eigenvalue weighted by Gasteiger charge is 2.24. The Kier molecular flexibility index (Phi) is 2.31. The predicted molar refractivity (Wildman–Crippen MR) is 65.8 cm³/mol. The summed E-state index contributed by atoms with van der Waals surface area (Å²) in [5.74, 6) is 0. The first-order valence-corrected chi connectivity index (χ1v) is 5.82. The first-order valence-electron chi connectivity index (χ1n) is 5.82. The zero-order valence-electron chi connectivity index (χ0n) is 9.43. The van der Waals surface area contributed by atoms with Crippen LogP contribution in [0.3, 0.4) is 0 Å². The van der Waals surface area contributed by atoms with Crippen LogP contribution in [0, 0.1) is 10.1 Å². The highest BCUT2D eigenvalue weighted by molar-refractivity contribution is 5.88. The van der Waals surface area contributed by atoms with Crippen LogP contribution in [0.15, 0.2) is 17.1 Å². The summed E-state index contributed by atoms with van der Waals surface area (Å²) < 4.78 is 0. The van der Waals surface area contributed by atoms with Crippen LogP contribution in [0.25, 0.3) is 0 Å². The molecule has 2 heterocycles. The molecule has 0 unspecified atom stereocenters. The van der Waals surface area contributed by atoms with Crippen LogP contribution in [-0.4, -0.2) is 24.2 Å². The summed E-state index contributed by atoms with van der Waals surface area (Å²) in [4.78, 5) is 17.1. The minimum atomic E-state index is -0.292. The summed E-state index contributed by atoms with van der Waals surface area (Å²) in [6, 6.07) is 3.59. The van der Waals surface area contributed by atoms with Gasteiger partial charge in [-0.05, 0) is 24.5 Å². The third-order valence-corrected chi connectivity index (χ3v) is 3.37. The van der Waals surface area contributed by atoms with E-state index in [1.165, 1.54) is 0 Å². The van der Waals surface area contributed by atoms with Crippen molar-refractivity contribution in [3.63, 3.8) is 0 Å². The fourth-order valence-electron chi connectivity index (χ4n) is 2.49. The highest BCUT2D eigenvalue weighted by atomic mass is 16.6. The lowest BCUT2D eigenvalue weighted by atomic mass is 10.1. The van der Waals surface area contributed by atoms with Crippen molar-refractivity contribution in [2.75, 3.05) is 18.0 Å². The molecule has 1 aromatic carbocycles. The number of hydrogen-bond donors (Lipinski definition) is 0. The monoisotopic (exact) mass is 231 g/mol. The van der Waals surface area contributed by atoms with Crippen molar-refractivity contribution in [3.05, 3.63) is 33.4 Å². The zero-order valence-corrected chi connectivity index (χ0v) is 9.43. The van der Waals surface area contributed by atoms with E-state index in [0.29, 0.717) is 6.54 Å². The predicted octanol–water partition coefficient (Wildman–Crippen LogP) is 2.13. The summed E-state index contributed by atoms with van der Waals surface area (Å²) in [5, 5.41) is 11.1. The number of benzene rings is 1. The number of hydrogen-bond acceptors (Lipinski definition) is 4. The van der Waals surface area contributed by atoms with Crippen molar-refractivity contribution in [3.8, 4) is 0 Å². The topological polar surface area (TPSA) is 58.7 Å². The lowest BCUT2D eigenvalue weighted by molar-refractivity contribution is -0.384. The minimum Gasteiger partial charge on any atom is -0.366 e. The molecule has 0 saturated carbocycles. The van der Waals surface area contributed by atoms with Crippen molar-refractivity contribution in [2.45, 2.75) is 19.4 Å². The Balaban J connectivity index is 2.09. The molecule has 2 aliphatic rings. The minimum absolute atomic E-state index is 0.207. The molecule has 3 rings (SSSR count). The number of nitro benzene ring substituents is 1.